The van der Waals surface area contributed by atoms with E-state index in [0.29, 0.717) is 48.4 Å². The number of aromatic nitrogens is 1. The lowest BCUT2D eigenvalue weighted by atomic mass is 10.1. The first-order chi connectivity index (χ1) is 15.1. The number of rotatable bonds is 8. The van der Waals surface area contributed by atoms with Crippen LogP contribution in [0.1, 0.15) is 37.0 Å². The molecule has 0 unspecified atom stereocenters. The Morgan fingerprint density at radius 1 is 1.13 bits per heavy atom. The van der Waals surface area contributed by atoms with E-state index < -0.39 is 0 Å². The van der Waals surface area contributed by atoms with Crippen molar-refractivity contribution in [3.8, 4) is 11.5 Å². The van der Waals surface area contributed by atoms with Gasteiger partial charge in [0.1, 0.15) is 6.67 Å². The van der Waals surface area contributed by atoms with E-state index in [2.05, 4.69) is 4.98 Å². The second-order valence-electron chi connectivity index (χ2n) is 7.13. The molecule has 2 amide bonds. The smallest absolute Gasteiger partial charge is 0.261 e. The molecule has 3 aromatic rings. The Morgan fingerprint density at radius 3 is 2.61 bits per heavy atom. The Labute approximate surface area is 185 Å². The van der Waals surface area contributed by atoms with Crippen LogP contribution >= 0.6 is 11.3 Å². The molecule has 2 heterocycles. The van der Waals surface area contributed by atoms with Crippen LogP contribution in [0.15, 0.2) is 42.5 Å². The number of hydrogen-bond donors (Lipinski definition) is 0. The molecule has 1 aliphatic rings. The highest BCUT2D eigenvalue weighted by Crippen LogP contribution is 2.33. The van der Waals surface area contributed by atoms with Gasteiger partial charge in [-0.1, -0.05) is 23.5 Å². The van der Waals surface area contributed by atoms with Gasteiger partial charge in [0, 0.05) is 18.5 Å². The summed E-state index contributed by atoms with van der Waals surface area (Å²) in [6, 6.07) is 12.9. The summed E-state index contributed by atoms with van der Waals surface area (Å²) in [7, 11) is 0. The molecule has 2 aromatic carbocycles. The third-order valence-electron chi connectivity index (χ3n) is 5.03. The van der Waals surface area contributed by atoms with Crippen molar-refractivity contribution < 1.29 is 19.1 Å². The number of fused-ring (bicyclic) bond motifs is 1. The van der Waals surface area contributed by atoms with Gasteiger partial charge in [0.2, 0.25) is 5.91 Å². The summed E-state index contributed by atoms with van der Waals surface area (Å²) in [6.07, 6.45) is 1.32. The monoisotopic (exact) mass is 439 g/mol. The zero-order valence-corrected chi connectivity index (χ0v) is 18.5. The number of nitrogens with zero attached hydrogens (tertiary/aromatic N) is 3. The Morgan fingerprint density at radius 2 is 1.90 bits per heavy atom. The Balaban J connectivity index is 1.71. The Bertz CT molecular complexity index is 1060. The molecule has 1 fully saturated rings. The van der Waals surface area contributed by atoms with Crippen LogP contribution < -0.4 is 14.4 Å². The number of thiazole rings is 1. The molecule has 1 saturated heterocycles. The number of benzene rings is 2. The highest BCUT2D eigenvalue weighted by molar-refractivity contribution is 7.22. The standard InChI is InChI=1S/C23H25N3O4S/c1-3-29-18-12-11-16(14-19(18)30-4-2)22(28)26(15-25-13-7-10-21(25)27)23-24-17-8-5-6-9-20(17)31-23/h5-6,8-9,11-12,14H,3-4,7,10,13,15H2,1-2H3. The summed E-state index contributed by atoms with van der Waals surface area (Å²) in [6.45, 7) is 5.56. The van der Waals surface area contributed by atoms with Crippen LogP contribution in [0.2, 0.25) is 0 Å². The molecular weight excluding hydrogens is 414 g/mol. The molecule has 8 heteroatoms. The second-order valence-corrected chi connectivity index (χ2v) is 8.14. The second kappa shape index (κ2) is 9.34. The first-order valence-corrected chi connectivity index (χ1v) is 11.3. The molecule has 1 aliphatic heterocycles. The molecule has 0 N–H and O–H groups in total. The maximum atomic E-state index is 13.6. The predicted molar refractivity (Wildman–Crippen MR) is 121 cm³/mol. The zero-order valence-electron chi connectivity index (χ0n) is 17.7. The van der Waals surface area contributed by atoms with E-state index in [9.17, 15) is 9.59 Å². The van der Waals surface area contributed by atoms with Gasteiger partial charge in [0.05, 0.1) is 23.4 Å². The summed E-state index contributed by atoms with van der Waals surface area (Å²) in [5.74, 6) is 0.947. The summed E-state index contributed by atoms with van der Waals surface area (Å²) in [5.41, 5.74) is 1.28. The minimum absolute atomic E-state index is 0.0561. The van der Waals surface area contributed by atoms with Crippen LogP contribution in [-0.4, -0.2) is 48.1 Å². The average molecular weight is 440 g/mol. The highest BCUT2D eigenvalue weighted by atomic mass is 32.1. The van der Waals surface area contributed by atoms with Crippen molar-refractivity contribution in [2.75, 3.05) is 31.3 Å². The van der Waals surface area contributed by atoms with Crippen molar-refractivity contribution >= 4 is 38.5 Å². The van der Waals surface area contributed by atoms with E-state index in [1.807, 2.05) is 38.1 Å². The fourth-order valence-electron chi connectivity index (χ4n) is 3.55. The summed E-state index contributed by atoms with van der Waals surface area (Å²) in [4.78, 5) is 33.8. The van der Waals surface area contributed by atoms with Gasteiger partial charge < -0.3 is 14.4 Å². The van der Waals surface area contributed by atoms with E-state index in [1.54, 1.807) is 28.0 Å². The maximum absolute atomic E-state index is 13.6. The van der Waals surface area contributed by atoms with Gasteiger partial charge in [-0.2, -0.15) is 0 Å². The molecule has 0 atom stereocenters. The van der Waals surface area contributed by atoms with Crippen molar-refractivity contribution in [1.82, 2.24) is 9.88 Å². The lowest BCUT2D eigenvalue weighted by Gasteiger charge is -2.26. The van der Waals surface area contributed by atoms with E-state index in [4.69, 9.17) is 9.47 Å². The normalized spacial score (nSPS) is 13.6. The number of hydrogen-bond acceptors (Lipinski definition) is 6. The summed E-state index contributed by atoms with van der Waals surface area (Å²) in [5, 5.41) is 0.567. The van der Waals surface area contributed by atoms with Crippen molar-refractivity contribution in [1.29, 1.82) is 0 Å². The molecule has 0 saturated carbocycles. The van der Waals surface area contributed by atoms with Gasteiger partial charge in [-0.25, -0.2) is 4.98 Å². The summed E-state index contributed by atoms with van der Waals surface area (Å²) < 4.78 is 12.3. The Kier molecular flexibility index (Phi) is 6.36. The number of ether oxygens (including phenoxy) is 2. The third kappa shape index (κ3) is 4.49. The molecule has 1 aromatic heterocycles. The van der Waals surface area contributed by atoms with Gasteiger partial charge in [-0.3, -0.25) is 14.5 Å². The number of likely N-dealkylation sites (tertiary alicyclic amines) is 1. The third-order valence-corrected chi connectivity index (χ3v) is 6.09. The van der Waals surface area contributed by atoms with Crippen molar-refractivity contribution in [2.24, 2.45) is 0 Å². The maximum Gasteiger partial charge on any atom is 0.261 e. The fourth-order valence-corrected chi connectivity index (χ4v) is 4.51. The molecule has 162 valence electrons. The molecule has 31 heavy (non-hydrogen) atoms. The number of carbonyl (C=O) groups is 2. The first kappa shape index (κ1) is 21.1. The van der Waals surface area contributed by atoms with Gasteiger partial charge in [-0.15, -0.1) is 0 Å². The van der Waals surface area contributed by atoms with Crippen LogP contribution in [0, 0.1) is 0 Å². The first-order valence-electron chi connectivity index (χ1n) is 10.5. The number of anilines is 1. The molecule has 0 aliphatic carbocycles. The van der Waals surface area contributed by atoms with Crippen LogP contribution in [0.25, 0.3) is 10.2 Å². The molecular formula is C23H25N3O4S. The minimum Gasteiger partial charge on any atom is -0.490 e. The van der Waals surface area contributed by atoms with Crippen molar-refractivity contribution in [3.05, 3.63) is 48.0 Å². The van der Waals surface area contributed by atoms with Crippen LogP contribution in [-0.2, 0) is 4.79 Å². The number of amides is 2. The lowest BCUT2D eigenvalue weighted by Crippen LogP contribution is -2.42. The van der Waals surface area contributed by atoms with E-state index >= 15 is 0 Å². The minimum atomic E-state index is -0.234. The van der Waals surface area contributed by atoms with Gasteiger partial charge in [0.15, 0.2) is 16.6 Å². The van der Waals surface area contributed by atoms with E-state index in [1.165, 1.54) is 11.3 Å². The molecule has 0 radical (unpaired) electrons. The highest BCUT2D eigenvalue weighted by Gasteiger charge is 2.28. The van der Waals surface area contributed by atoms with Crippen LogP contribution in [0.5, 0.6) is 11.5 Å². The largest absolute Gasteiger partial charge is 0.490 e. The van der Waals surface area contributed by atoms with E-state index in [0.717, 1.165) is 16.6 Å². The lowest BCUT2D eigenvalue weighted by molar-refractivity contribution is -0.127. The Hall–Kier alpha value is -3.13. The fraction of sp³-hybridized carbons (Fsp3) is 0.348. The van der Waals surface area contributed by atoms with Gasteiger partial charge in [-0.05, 0) is 50.6 Å². The van der Waals surface area contributed by atoms with Crippen molar-refractivity contribution in [2.45, 2.75) is 26.7 Å². The summed E-state index contributed by atoms with van der Waals surface area (Å²) >= 11 is 1.44. The van der Waals surface area contributed by atoms with Gasteiger partial charge in [0.25, 0.3) is 5.91 Å². The molecule has 0 spiro atoms. The van der Waals surface area contributed by atoms with E-state index in [-0.39, 0.29) is 18.5 Å². The predicted octanol–water partition coefficient (Wildman–Crippen LogP) is 4.32. The molecule has 7 nitrogen and oxygen atoms in total. The number of carbonyl (C=O) groups excluding carboxylic acids is 2. The average Bonchev–Trinajstić information content (AvgIpc) is 3.38. The molecule has 0 bridgehead atoms. The molecule has 4 rings (SSSR count). The topological polar surface area (TPSA) is 72.0 Å². The number of para-hydroxylation sites is 1. The van der Waals surface area contributed by atoms with Crippen LogP contribution in [0.4, 0.5) is 5.13 Å². The zero-order chi connectivity index (χ0) is 21.8. The van der Waals surface area contributed by atoms with Crippen molar-refractivity contribution in [3.63, 3.8) is 0 Å². The van der Waals surface area contributed by atoms with Gasteiger partial charge >= 0.3 is 0 Å². The van der Waals surface area contributed by atoms with Crippen LogP contribution in [0.3, 0.4) is 0 Å². The SMILES string of the molecule is CCOc1ccc(C(=O)N(CN2CCCC2=O)c2nc3ccccc3s2)cc1OCC. The quantitative estimate of drug-likeness (QED) is 0.523.